The number of sulfonamides is 1. The maximum absolute atomic E-state index is 12.4. The first-order chi connectivity index (χ1) is 12.0. The van der Waals surface area contributed by atoms with Crippen molar-refractivity contribution in [2.45, 2.75) is 30.1 Å². The maximum Gasteiger partial charge on any atom is 0.261 e. The number of Topliss-reactive ketones (excluding diaryl/α,β-unsaturated/α-hetero) is 1. The lowest BCUT2D eigenvalue weighted by Gasteiger charge is -2.07. The fraction of sp³-hybridized carbons (Fsp3) is 0.222. The number of hydrogen-bond donors (Lipinski definition) is 2. The van der Waals surface area contributed by atoms with Crippen LogP contribution < -0.4 is 4.72 Å². The molecule has 1 atom stereocenters. The molecule has 1 aliphatic rings. The molecule has 128 valence electrons. The summed E-state index contributed by atoms with van der Waals surface area (Å²) in [5, 5.41) is 0. The van der Waals surface area contributed by atoms with E-state index in [-0.39, 0.29) is 16.6 Å². The fourth-order valence-electron chi connectivity index (χ4n) is 3.15. The summed E-state index contributed by atoms with van der Waals surface area (Å²) in [6, 6.07) is 13.4. The van der Waals surface area contributed by atoms with E-state index in [1.165, 1.54) is 0 Å². The Bertz CT molecular complexity index is 1040. The van der Waals surface area contributed by atoms with Crippen molar-refractivity contribution in [3.63, 3.8) is 0 Å². The van der Waals surface area contributed by atoms with Crippen molar-refractivity contribution < 1.29 is 13.2 Å². The minimum atomic E-state index is -3.63. The number of rotatable bonds is 4. The highest BCUT2D eigenvalue weighted by atomic mass is 32.2. The molecule has 1 heterocycles. The fourth-order valence-corrected chi connectivity index (χ4v) is 4.22. The summed E-state index contributed by atoms with van der Waals surface area (Å²) >= 11 is 0. The zero-order chi connectivity index (χ0) is 17.4. The Hall–Kier alpha value is -2.67. The van der Waals surface area contributed by atoms with Crippen LogP contribution in [0.3, 0.4) is 0 Å². The molecule has 0 aliphatic heterocycles. The Labute approximate surface area is 145 Å². The molecule has 1 fully saturated rings. The van der Waals surface area contributed by atoms with Gasteiger partial charge < -0.3 is 4.98 Å². The molecule has 0 amide bonds. The lowest BCUT2D eigenvalue weighted by atomic mass is 10.1. The minimum absolute atomic E-state index is 0.129. The van der Waals surface area contributed by atoms with Gasteiger partial charge in [0.05, 0.1) is 21.6 Å². The summed E-state index contributed by atoms with van der Waals surface area (Å²) < 4.78 is 27.4. The van der Waals surface area contributed by atoms with Crippen LogP contribution in [0.2, 0.25) is 0 Å². The summed E-state index contributed by atoms with van der Waals surface area (Å²) in [5.74, 6) is 1.19. The number of benzene rings is 2. The monoisotopic (exact) mass is 355 g/mol. The molecule has 0 saturated heterocycles. The van der Waals surface area contributed by atoms with Crippen LogP contribution in [0, 0.1) is 0 Å². The number of aromatic nitrogens is 2. The normalized spacial score (nSPS) is 17.9. The van der Waals surface area contributed by atoms with Crippen LogP contribution in [-0.2, 0) is 14.8 Å². The predicted molar refractivity (Wildman–Crippen MR) is 94.9 cm³/mol. The second-order valence-corrected chi connectivity index (χ2v) is 7.93. The zero-order valence-electron chi connectivity index (χ0n) is 13.4. The van der Waals surface area contributed by atoms with E-state index in [1.54, 1.807) is 48.5 Å². The van der Waals surface area contributed by atoms with Crippen LogP contribution in [0.15, 0.2) is 53.4 Å². The average Bonchev–Trinajstić information content (AvgIpc) is 3.21. The third-order valence-electron chi connectivity index (χ3n) is 4.44. The molecule has 25 heavy (non-hydrogen) atoms. The highest BCUT2D eigenvalue weighted by molar-refractivity contribution is 7.92. The van der Waals surface area contributed by atoms with Crippen molar-refractivity contribution >= 4 is 32.5 Å². The zero-order valence-corrected chi connectivity index (χ0v) is 14.2. The van der Waals surface area contributed by atoms with Crippen LogP contribution in [-0.4, -0.2) is 24.2 Å². The number of H-pyrrole nitrogens is 1. The number of hydrogen-bond acceptors (Lipinski definition) is 4. The molecule has 1 aromatic heterocycles. The number of nitrogens with zero attached hydrogens (tertiary/aromatic N) is 1. The van der Waals surface area contributed by atoms with Gasteiger partial charge in [-0.1, -0.05) is 18.2 Å². The second kappa shape index (κ2) is 6.00. The molecular formula is C18H17N3O3S. The summed E-state index contributed by atoms with van der Waals surface area (Å²) in [4.78, 5) is 19.4. The van der Waals surface area contributed by atoms with Gasteiger partial charge in [-0.25, -0.2) is 13.4 Å². The molecule has 4 rings (SSSR count). The summed E-state index contributed by atoms with van der Waals surface area (Å²) in [6.45, 7) is 0. The third-order valence-corrected chi connectivity index (χ3v) is 5.84. The summed E-state index contributed by atoms with van der Waals surface area (Å²) in [5.41, 5.74) is 1.98. The van der Waals surface area contributed by atoms with E-state index in [0.29, 0.717) is 18.5 Å². The topological polar surface area (TPSA) is 91.9 Å². The SMILES string of the molecule is O=C1CCC(c2nc3ccc(NS(=O)(=O)c4ccccc4)cc3[nH]2)C1. The first-order valence-corrected chi connectivity index (χ1v) is 9.59. The standard InChI is InChI=1S/C18H17N3O3S/c22-14-8-6-12(10-14)18-19-16-9-7-13(11-17(16)20-18)21-25(23,24)15-4-2-1-3-5-15/h1-5,7,9,11-12,21H,6,8,10H2,(H,19,20). The number of carbonyl (C=O) groups excluding carboxylic acids is 1. The molecule has 7 heteroatoms. The van der Waals surface area contributed by atoms with Gasteiger partial charge in [-0.2, -0.15) is 0 Å². The van der Waals surface area contributed by atoms with Crippen LogP contribution in [0.5, 0.6) is 0 Å². The molecule has 6 nitrogen and oxygen atoms in total. The van der Waals surface area contributed by atoms with Gasteiger partial charge in [-0.05, 0) is 36.8 Å². The molecule has 3 aromatic rings. The number of anilines is 1. The van der Waals surface area contributed by atoms with E-state index in [2.05, 4.69) is 14.7 Å². The van der Waals surface area contributed by atoms with Gasteiger partial charge in [0.15, 0.2) is 0 Å². The predicted octanol–water partition coefficient (Wildman–Crippen LogP) is 3.20. The number of ketones is 1. The third kappa shape index (κ3) is 3.15. The Morgan fingerprint density at radius 3 is 2.64 bits per heavy atom. The van der Waals surface area contributed by atoms with Gasteiger partial charge in [0.1, 0.15) is 11.6 Å². The maximum atomic E-state index is 12.4. The first kappa shape index (κ1) is 15.8. The molecule has 0 spiro atoms. The van der Waals surface area contributed by atoms with E-state index in [4.69, 9.17) is 0 Å². The molecule has 0 bridgehead atoms. The molecule has 1 unspecified atom stereocenters. The number of nitrogens with one attached hydrogen (secondary N) is 2. The highest BCUT2D eigenvalue weighted by Crippen LogP contribution is 2.32. The van der Waals surface area contributed by atoms with Gasteiger partial charge >= 0.3 is 0 Å². The van der Waals surface area contributed by atoms with E-state index in [9.17, 15) is 13.2 Å². The Morgan fingerprint density at radius 1 is 1.12 bits per heavy atom. The largest absolute Gasteiger partial charge is 0.342 e. The van der Waals surface area contributed by atoms with Crippen LogP contribution in [0.1, 0.15) is 31.0 Å². The first-order valence-electron chi connectivity index (χ1n) is 8.10. The van der Waals surface area contributed by atoms with E-state index in [0.717, 1.165) is 23.3 Å². The van der Waals surface area contributed by atoms with Crippen molar-refractivity contribution in [3.05, 3.63) is 54.4 Å². The second-order valence-electron chi connectivity index (χ2n) is 6.25. The molecule has 1 saturated carbocycles. The summed E-state index contributed by atoms with van der Waals surface area (Å²) in [7, 11) is -3.63. The molecule has 2 aromatic carbocycles. The van der Waals surface area contributed by atoms with Crippen molar-refractivity contribution in [1.82, 2.24) is 9.97 Å². The smallest absolute Gasteiger partial charge is 0.261 e. The van der Waals surface area contributed by atoms with Crippen LogP contribution in [0.25, 0.3) is 11.0 Å². The minimum Gasteiger partial charge on any atom is -0.342 e. The average molecular weight is 355 g/mol. The van der Waals surface area contributed by atoms with E-state index in [1.807, 2.05) is 0 Å². The van der Waals surface area contributed by atoms with E-state index >= 15 is 0 Å². The van der Waals surface area contributed by atoms with Crippen molar-refractivity contribution in [3.8, 4) is 0 Å². The van der Waals surface area contributed by atoms with Crippen LogP contribution >= 0.6 is 0 Å². The number of imidazole rings is 1. The lowest BCUT2D eigenvalue weighted by molar-refractivity contribution is -0.117. The van der Waals surface area contributed by atoms with Crippen molar-refractivity contribution in [2.24, 2.45) is 0 Å². The number of aromatic amines is 1. The van der Waals surface area contributed by atoms with Gasteiger partial charge in [0.25, 0.3) is 10.0 Å². The molecular weight excluding hydrogens is 338 g/mol. The van der Waals surface area contributed by atoms with Gasteiger partial charge in [0, 0.05) is 18.8 Å². The Kier molecular flexibility index (Phi) is 3.80. The quantitative estimate of drug-likeness (QED) is 0.752. The molecule has 0 radical (unpaired) electrons. The number of fused-ring (bicyclic) bond motifs is 1. The molecule has 1 aliphatic carbocycles. The Balaban J connectivity index is 1.62. The van der Waals surface area contributed by atoms with E-state index < -0.39 is 10.0 Å². The highest BCUT2D eigenvalue weighted by Gasteiger charge is 2.26. The molecule has 2 N–H and O–H groups in total. The Morgan fingerprint density at radius 2 is 1.92 bits per heavy atom. The lowest BCUT2D eigenvalue weighted by Crippen LogP contribution is -2.12. The van der Waals surface area contributed by atoms with Gasteiger partial charge in [0.2, 0.25) is 0 Å². The van der Waals surface area contributed by atoms with Gasteiger partial charge in [-0.15, -0.1) is 0 Å². The van der Waals surface area contributed by atoms with Crippen molar-refractivity contribution in [1.29, 1.82) is 0 Å². The summed E-state index contributed by atoms with van der Waals surface area (Å²) in [6.07, 6.45) is 1.93. The van der Waals surface area contributed by atoms with Crippen molar-refractivity contribution in [2.75, 3.05) is 4.72 Å². The van der Waals surface area contributed by atoms with Gasteiger partial charge in [-0.3, -0.25) is 9.52 Å². The number of carbonyl (C=O) groups is 1. The van der Waals surface area contributed by atoms with Crippen LogP contribution in [0.4, 0.5) is 5.69 Å².